The molecule has 1 unspecified atom stereocenters. The lowest BCUT2D eigenvalue weighted by Crippen LogP contribution is -2.14. The quantitative estimate of drug-likeness (QED) is 0.592. The zero-order valence-corrected chi connectivity index (χ0v) is 12.7. The summed E-state index contributed by atoms with van der Waals surface area (Å²) >= 11 is 0. The Morgan fingerprint density at radius 3 is 2.45 bits per heavy atom. The Morgan fingerprint density at radius 1 is 1.15 bits per heavy atom. The molecule has 0 saturated heterocycles. The van der Waals surface area contributed by atoms with Crippen molar-refractivity contribution in [2.24, 2.45) is 5.92 Å². The third-order valence-corrected chi connectivity index (χ3v) is 2.65. The molecule has 0 fully saturated rings. The number of aromatic nitrogens is 3. The van der Waals surface area contributed by atoms with E-state index in [0.29, 0.717) is 23.8 Å². The minimum absolute atomic E-state index is 0.0142. The van der Waals surface area contributed by atoms with Crippen LogP contribution in [0.1, 0.15) is 33.6 Å². The van der Waals surface area contributed by atoms with Gasteiger partial charge in [-0.25, -0.2) is 0 Å². The van der Waals surface area contributed by atoms with Crippen LogP contribution in [0, 0.1) is 5.92 Å². The molecule has 0 amide bonds. The van der Waals surface area contributed by atoms with Crippen LogP contribution in [0.5, 0.6) is 6.01 Å². The van der Waals surface area contributed by atoms with E-state index >= 15 is 0 Å². The van der Waals surface area contributed by atoms with Crippen molar-refractivity contribution >= 4 is 11.9 Å². The normalized spacial score (nSPS) is 12.3. The number of ether oxygens (including phenoxy) is 1. The third-order valence-electron chi connectivity index (χ3n) is 2.65. The van der Waals surface area contributed by atoms with Crippen LogP contribution in [0.3, 0.4) is 0 Å². The number of aliphatic hydroxyl groups is 1. The van der Waals surface area contributed by atoms with Gasteiger partial charge in [-0.2, -0.15) is 15.0 Å². The lowest BCUT2D eigenvalue weighted by atomic mass is 10.1. The Kier molecular flexibility index (Phi) is 7.00. The summed E-state index contributed by atoms with van der Waals surface area (Å²) in [6.07, 6.45) is 1.92. The maximum atomic E-state index is 8.96. The van der Waals surface area contributed by atoms with Crippen LogP contribution in [0.4, 0.5) is 11.9 Å². The SMILES string of the molecule is CNc1nc(NCCCC(C)CO)nc(OC(C)C)n1. The highest BCUT2D eigenvalue weighted by Crippen LogP contribution is 2.12. The van der Waals surface area contributed by atoms with Gasteiger partial charge in [-0.1, -0.05) is 6.92 Å². The summed E-state index contributed by atoms with van der Waals surface area (Å²) < 4.78 is 5.48. The fourth-order valence-electron chi connectivity index (χ4n) is 1.55. The average molecular weight is 283 g/mol. The Morgan fingerprint density at radius 2 is 1.85 bits per heavy atom. The second kappa shape index (κ2) is 8.52. The molecular weight excluding hydrogens is 258 g/mol. The molecule has 0 aliphatic heterocycles. The molecule has 0 aromatic carbocycles. The molecule has 3 N–H and O–H groups in total. The van der Waals surface area contributed by atoms with Crippen molar-refractivity contribution in [3.63, 3.8) is 0 Å². The number of nitrogens with one attached hydrogen (secondary N) is 2. The summed E-state index contributed by atoms with van der Waals surface area (Å²) in [5.41, 5.74) is 0. The molecule has 7 nitrogen and oxygen atoms in total. The first-order valence-corrected chi connectivity index (χ1v) is 7.00. The van der Waals surface area contributed by atoms with Crippen LogP contribution >= 0.6 is 0 Å². The maximum absolute atomic E-state index is 8.96. The van der Waals surface area contributed by atoms with Crippen molar-refractivity contribution in [2.75, 3.05) is 30.8 Å². The fourth-order valence-corrected chi connectivity index (χ4v) is 1.55. The summed E-state index contributed by atoms with van der Waals surface area (Å²) in [4.78, 5) is 12.6. The van der Waals surface area contributed by atoms with Gasteiger partial charge in [0.1, 0.15) is 0 Å². The minimum atomic E-state index is 0.0142. The van der Waals surface area contributed by atoms with E-state index in [4.69, 9.17) is 9.84 Å². The van der Waals surface area contributed by atoms with E-state index in [9.17, 15) is 0 Å². The molecule has 114 valence electrons. The zero-order valence-electron chi connectivity index (χ0n) is 12.7. The van der Waals surface area contributed by atoms with E-state index < -0.39 is 0 Å². The smallest absolute Gasteiger partial charge is 0.323 e. The first kappa shape index (κ1) is 16.4. The molecule has 0 aliphatic carbocycles. The average Bonchev–Trinajstić information content (AvgIpc) is 2.42. The number of rotatable bonds is 9. The van der Waals surface area contributed by atoms with Gasteiger partial charge in [0.2, 0.25) is 11.9 Å². The van der Waals surface area contributed by atoms with Gasteiger partial charge in [0.15, 0.2) is 0 Å². The highest BCUT2D eigenvalue weighted by Gasteiger charge is 2.08. The Labute approximate surface area is 120 Å². The van der Waals surface area contributed by atoms with Gasteiger partial charge in [0, 0.05) is 20.2 Å². The van der Waals surface area contributed by atoms with Gasteiger partial charge >= 0.3 is 6.01 Å². The molecule has 0 radical (unpaired) electrons. The molecule has 1 aromatic heterocycles. The second-order valence-corrected chi connectivity index (χ2v) is 5.04. The Hall–Kier alpha value is -1.63. The number of nitrogens with zero attached hydrogens (tertiary/aromatic N) is 3. The van der Waals surface area contributed by atoms with E-state index in [-0.39, 0.29) is 12.7 Å². The molecule has 1 atom stereocenters. The summed E-state index contributed by atoms with van der Waals surface area (Å²) in [7, 11) is 1.75. The van der Waals surface area contributed by atoms with E-state index in [2.05, 4.69) is 25.6 Å². The Balaban J connectivity index is 2.55. The van der Waals surface area contributed by atoms with Gasteiger partial charge in [-0.15, -0.1) is 0 Å². The highest BCUT2D eigenvalue weighted by molar-refractivity contribution is 5.35. The fraction of sp³-hybridized carbons (Fsp3) is 0.769. The molecule has 0 spiro atoms. The van der Waals surface area contributed by atoms with E-state index in [1.54, 1.807) is 7.05 Å². The lowest BCUT2D eigenvalue weighted by molar-refractivity contribution is 0.222. The van der Waals surface area contributed by atoms with Gasteiger partial charge in [-0.05, 0) is 32.6 Å². The van der Waals surface area contributed by atoms with Crippen molar-refractivity contribution < 1.29 is 9.84 Å². The van der Waals surface area contributed by atoms with Crippen molar-refractivity contribution in [1.82, 2.24) is 15.0 Å². The summed E-state index contributed by atoms with van der Waals surface area (Å²) in [5.74, 6) is 1.29. The highest BCUT2D eigenvalue weighted by atomic mass is 16.5. The van der Waals surface area contributed by atoms with Gasteiger partial charge in [-0.3, -0.25) is 0 Å². The van der Waals surface area contributed by atoms with Crippen molar-refractivity contribution in [2.45, 2.75) is 39.7 Å². The maximum Gasteiger partial charge on any atom is 0.323 e. The lowest BCUT2D eigenvalue weighted by Gasteiger charge is -2.11. The summed E-state index contributed by atoms with van der Waals surface area (Å²) in [6, 6.07) is 0.311. The van der Waals surface area contributed by atoms with Crippen LogP contribution in [0.2, 0.25) is 0 Å². The molecule has 1 rings (SSSR count). The predicted octanol–water partition coefficient (Wildman–Crippen LogP) is 1.52. The molecule has 0 saturated carbocycles. The second-order valence-electron chi connectivity index (χ2n) is 5.04. The monoisotopic (exact) mass is 283 g/mol. The molecule has 0 bridgehead atoms. The van der Waals surface area contributed by atoms with Crippen molar-refractivity contribution in [3.05, 3.63) is 0 Å². The largest absolute Gasteiger partial charge is 0.461 e. The van der Waals surface area contributed by atoms with Crippen LogP contribution < -0.4 is 15.4 Å². The predicted molar refractivity (Wildman–Crippen MR) is 79.1 cm³/mol. The van der Waals surface area contributed by atoms with Crippen LogP contribution in [0.15, 0.2) is 0 Å². The van der Waals surface area contributed by atoms with Crippen LogP contribution in [0.25, 0.3) is 0 Å². The topological polar surface area (TPSA) is 92.2 Å². The zero-order chi connectivity index (χ0) is 15.0. The summed E-state index contributed by atoms with van der Waals surface area (Å²) in [5, 5.41) is 15.0. The molecule has 0 aliphatic rings. The van der Waals surface area contributed by atoms with Gasteiger partial charge in [0.05, 0.1) is 6.10 Å². The summed E-state index contributed by atoms with van der Waals surface area (Å²) in [6.45, 7) is 6.84. The van der Waals surface area contributed by atoms with E-state index in [1.165, 1.54) is 0 Å². The first-order chi connectivity index (χ1) is 9.55. The molecule has 1 aromatic rings. The van der Waals surface area contributed by atoms with Gasteiger partial charge in [0.25, 0.3) is 0 Å². The number of aliphatic hydroxyl groups excluding tert-OH is 1. The standard InChI is InChI=1S/C13H25N5O2/c1-9(2)20-13-17-11(14-4)16-12(18-13)15-7-5-6-10(3)8-19/h9-10,19H,5-8H2,1-4H3,(H2,14,15,16,17,18). The van der Waals surface area contributed by atoms with Crippen molar-refractivity contribution in [3.8, 4) is 6.01 Å². The molecule has 20 heavy (non-hydrogen) atoms. The number of hydrogen-bond donors (Lipinski definition) is 3. The Bertz CT molecular complexity index is 400. The minimum Gasteiger partial charge on any atom is -0.461 e. The van der Waals surface area contributed by atoms with Crippen LogP contribution in [-0.2, 0) is 0 Å². The molecule has 7 heteroatoms. The third kappa shape index (κ3) is 6.01. The van der Waals surface area contributed by atoms with E-state index in [0.717, 1.165) is 19.4 Å². The molecule has 1 heterocycles. The van der Waals surface area contributed by atoms with Crippen LogP contribution in [-0.4, -0.2) is 46.4 Å². The first-order valence-electron chi connectivity index (χ1n) is 7.00. The molecular formula is C13H25N5O2. The van der Waals surface area contributed by atoms with E-state index in [1.807, 2.05) is 20.8 Å². The van der Waals surface area contributed by atoms with Gasteiger partial charge < -0.3 is 20.5 Å². The van der Waals surface area contributed by atoms with Crippen molar-refractivity contribution in [1.29, 1.82) is 0 Å². The number of hydrogen-bond acceptors (Lipinski definition) is 7. The number of anilines is 2.